The zero-order chi connectivity index (χ0) is 19.2. The minimum atomic E-state index is -0.485. The Bertz CT molecular complexity index is 742. The topological polar surface area (TPSA) is 38.8 Å². The van der Waals surface area contributed by atoms with Crippen LogP contribution in [0.4, 0.5) is 0 Å². The minimum absolute atomic E-state index is 0.0566. The molecule has 0 heterocycles. The lowest BCUT2D eigenvalue weighted by Gasteiger charge is -2.32. The monoisotopic (exact) mass is 367 g/mol. The van der Waals surface area contributed by atoms with E-state index >= 15 is 0 Å². The summed E-state index contributed by atoms with van der Waals surface area (Å²) < 4.78 is 11.2. The molecule has 0 saturated heterocycles. The SMILES string of the molecule is COc1cccc(COC(C)C(=O)N(Cc2ccccc2)C(C)C2CC2)c1. The summed E-state index contributed by atoms with van der Waals surface area (Å²) in [4.78, 5) is 15.1. The fraction of sp³-hybridized carbons (Fsp3) is 0.435. The van der Waals surface area contributed by atoms with Gasteiger partial charge in [0.15, 0.2) is 0 Å². The molecule has 0 radical (unpaired) electrons. The highest BCUT2D eigenvalue weighted by atomic mass is 16.5. The maximum Gasteiger partial charge on any atom is 0.251 e. The molecule has 2 aromatic carbocycles. The van der Waals surface area contributed by atoms with Crippen LogP contribution in [0.1, 0.15) is 37.8 Å². The van der Waals surface area contributed by atoms with E-state index < -0.39 is 6.10 Å². The average molecular weight is 367 g/mol. The van der Waals surface area contributed by atoms with Crippen molar-refractivity contribution in [3.63, 3.8) is 0 Å². The van der Waals surface area contributed by atoms with Gasteiger partial charge < -0.3 is 14.4 Å². The zero-order valence-corrected chi connectivity index (χ0v) is 16.4. The van der Waals surface area contributed by atoms with Crippen LogP contribution in [0.2, 0.25) is 0 Å². The van der Waals surface area contributed by atoms with Gasteiger partial charge in [-0.3, -0.25) is 4.79 Å². The molecule has 4 heteroatoms. The normalized spacial score (nSPS) is 15.8. The highest BCUT2D eigenvalue weighted by Crippen LogP contribution is 2.36. The van der Waals surface area contributed by atoms with Crippen molar-refractivity contribution >= 4 is 5.91 Å². The molecule has 2 aromatic rings. The van der Waals surface area contributed by atoms with Crippen molar-refractivity contribution in [1.82, 2.24) is 4.90 Å². The van der Waals surface area contributed by atoms with Crippen LogP contribution >= 0.6 is 0 Å². The third kappa shape index (κ3) is 5.33. The Morgan fingerprint density at radius 3 is 2.44 bits per heavy atom. The molecule has 1 aliphatic carbocycles. The van der Waals surface area contributed by atoms with Crippen LogP contribution in [0.3, 0.4) is 0 Å². The number of carbonyl (C=O) groups excluding carboxylic acids is 1. The Kier molecular flexibility index (Phi) is 6.51. The molecular formula is C23H29NO3. The Morgan fingerprint density at radius 2 is 1.78 bits per heavy atom. The number of amides is 1. The van der Waals surface area contributed by atoms with Gasteiger partial charge in [0.05, 0.1) is 13.7 Å². The van der Waals surface area contributed by atoms with Crippen LogP contribution in [0.25, 0.3) is 0 Å². The van der Waals surface area contributed by atoms with Crippen molar-refractivity contribution in [1.29, 1.82) is 0 Å². The van der Waals surface area contributed by atoms with Crippen LogP contribution in [0, 0.1) is 5.92 Å². The first-order chi connectivity index (χ1) is 13.1. The smallest absolute Gasteiger partial charge is 0.251 e. The lowest BCUT2D eigenvalue weighted by molar-refractivity contribution is -0.146. The summed E-state index contributed by atoms with van der Waals surface area (Å²) in [6, 6.07) is 18.2. The first-order valence-corrected chi connectivity index (χ1v) is 9.67. The summed E-state index contributed by atoms with van der Waals surface area (Å²) in [5.74, 6) is 1.47. The van der Waals surface area contributed by atoms with Crippen molar-refractivity contribution < 1.29 is 14.3 Å². The van der Waals surface area contributed by atoms with Crippen LogP contribution in [-0.4, -0.2) is 30.1 Å². The maximum atomic E-state index is 13.1. The van der Waals surface area contributed by atoms with Gasteiger partial charge in [0, 0.05) is 12.6 Å². The molecule has 3 rings (SSSR count). The lowest BCUT2D eigenvalue weighted by Crippen LogP contribution is -2.44. The molecule has 0 spiro atoms. The van der Waals surface area contributed by atoms with Gasteiger partial charge in [-0.05, 0) is 55.9 Å². The number of hydrogen-bond acceptors (Lipinski definition) is 3. The van der Waals surface area contributed by atoms with Crippen LogP contribution < -0.4 is 4.74 Å². The molecule has 2 unspecified atom stereocenters. The number of ether oxygens (including phenoxy) is 2. The number of rotatable bonds is 9. The summed E-state index contributed by atoms with van der Waals surface area (Å²) in [6.07, 6.45) is 1.93. The molecule has 0 bridgehead atoms. The van der Waals surface area contributed by atoms with E-state index in [1.54, 1.807) is 7.11 Å². The Balaban J connectivity index is 1.64. The van der Waals surface area contributed by atoms with Gasteiger partial charge >= 0.3 is 0 Å². The predicted molar refractivity (Wildman–Crippen MR) is 106 cm³/mol. The molecule has 0 N–H and O–H groups in total. The van der Waals surface area contributed by atoms with E-state index in [0.29, 0.717) is 19.1 Å². The fourth-order valence-electron chi connectivity index (χ4n) is 3.32. The first-order valence-electron chi connectivity index (χ1n) is 9.67. The van der Waals surface area contributed by atoms with Crippen molar-refractivity contribution in [2.45, 2.75) is 52.0 Å². The van der Waals surface area contributed by atoms with Crippen LogP contribution in [0.15, 0.2) is 54.6 Å². The number of benzene rings is 2. The number of methoxy groups -OCH3 is 1. The number of hydrogen-bond donors (Lipinski definition) is 0. The molecule has 27 heavy (non-hydrogen) atoms. The van der Waals surface area contributed by atoms with Crippen molar-refractivity contribution in [2.75, 3.05) is 7.11 Å². The van der Waals surface area contributed by atoms with Crippen molar-refractivity contribution in [2.24, 2.45) is 5.92 Å². The molecule has 1 fully saturated rings. The average Bonchev–Trinajstić information content (AvgIpc) is 3.55. The second kappa shape index (κ2) is 9.05. The lowest BCUT2D eigenvalue weighted by atomic mass is 10.1. The highest BCUT2D eigenvalue weighted by molar-refractivity contribution is 5.81. The van der Waals surface area contributed by atoms with E-state index in [2.05, 4.69) is 19.1 Å². The van der Waals surface area contributed by atoms with Gasteiger partial charge in [0.1, 0.15) is 11.9 Å². The second-order valence-corrected chi connectivity index (χ2v) is 7.33. The van der Waals surface area contributed by atoms with E-state index in [4.69, 9.17) is 9.47 Å². The standard InChI is InChI=1S/C23H29NO3/c1-17(21-12-13-21)24(15-19-8-5-4-6-9-19)23(25)18(2)27-16-20-10-7-11-22(14-20)26-3/h4-11,14,17-18,21H,12-13,15-16H2,1-3H3. The molecule has 1 amide bonds. The molecule has 2 atom stereocenters. The largest absolute Gasteiger partial charge is 0.497 e. The Labute approximate surface area is 162 Å². The molecule has 4 nitrogen and oxygen atoms in total. The molecule has 1 saturated carbocycles. The summed E-state index contributed by atoms with van der Waals surface area (Å²) >= 11 is 0. The van der Waals surface area contributed by atoms with Crippen molar-refractivity contribution in [3.05, 3.63) is 65.7 Å². The van der Waals surface area contributed by atoms with Gasteiger partial charge in [0.2, 0.25) is 0 Å². The van der Waals surface area contributed by atoms with Gasteiger partial charge in [-0.1, -0.05) is 42.5 Å². The molecular weight excluding hydrogens is 338 g/mol. The zero-order valence-electron chi connectivity index (χ0n) is 16.4. The molecule has 144 valence electrons. The number of nitrogens with zero attached hydrogens (tertiary/aromatic N) is 1. The Morgan fingerprint density at radius 1 is 1.07 bits per heavy atom. The molecule has 0 aliphatic heterocycles. The van der Waals surface area contributed by atoms with Gasteiger partial charge in [-0.15, -0.1) is 0 Å². The number of carbonyl (C=O) groups is 1. The van der Waals surface area contributed by atoms with Crippen molar-refractivity contribution in [3.8, 4) is 5.75 Å². The van der Waals surface area contributed by atoms with E-state index in [-0.39, 0.29) is 11.9 Å². The van der Waals surface area contributed by atoms with E-state index in [0.717, 1.165) is 16.9 Å². The summed E-state index contributed by atoms with van der Waals surface area (Å²) in [5, 5.41) is 0. The van der Waals surface area contributed by atoms with Crippen LogP contribution in [0.5, 0.6) is 5.75 Å². The van der Waals surface area contributed by atoms with Gasteiger partial charge in [-0.2, -0.15) is 0 Å². The first kappa shape index (κ1) is 19.4. The quantitative estimate of drug-likeness (QED) is 0.658. The maximum absolute atomic E-state index is 13.1. The summed E-state index contributed by atoms with van der Waals surface area (Å²) in [7, 11) is 1.65. The third-order valence-corrected chi connectivity index (χ3v) is 5.26. The van der Waals surface area contributed by atoms with E-state index in [1.807, 2.05) is 54.3 Å². The van der Waals surface area contributed by atoms with E-state index in [1.165, 1.54) is 12.8 Å². The predicted octanol–water partition coefficient (Wildman–Crippen LogP) is 4.43. The summed E-state index contributed by atoms with van der Waals surface area (Å²) in [5.41, 5.74) is 2.15. The fourth-order valence-corrected chi connectivity index (χ4v) is 3.32. The van der Waals surface area contributed by atoms with Gasteiger partial charge in [-0.25, -0.2) is 0 Å². The van der Waals surface area contributed by atoms with Crippen LogP contribution in [-0.2, 0) is 22.7 Å². The molecule has 1 aliphatic rings. The summed E-state index contributed by atoms with van der Waals surface area (Å²) in [6.45, 7) is 5.03. The second-order valence-electron chi connectivity index (χ2n) is 7.33. The van der Waals surface area contributed by atoms with E-state index in [9.17, 15) is 4.79 Å². The van der Waals surface area contributed by atoms with Gasteiger partial charge in [0.25, 0.3) is 5.91 Å². The third-order valence-electron chi connectivity index (χ3n) is 5.26. The highest BCUT2D eigenvalue weighted by Gasteiger charge is 2.35. The minimum Gasteiger partial charge on any atom is -0.497 e. The Hall–Kier alpha value is -2.33. The molecule has 0 aromatic heterocycles.